The SMILES string of the molecule is CN(CC1CCN(C(=O)OC(C)(C)C)CC1)c1cc(=O)n(C)c(=O)n1C. The number of aromatic nitrogens is 2. The summed E-state index contributed by atoms with van der Waals surface area (Å²) in [4.78, 5) is 39.8. The lowest BCUT2D eigenvalue weighted by Gasteiger charge is -2.35. The average molecular weight is 366 g/mol. The highest BCUT2D eigenvalue weighted by Crippen LogP contribution is 2.21. The van der Waals surface area contributed by atoms with Crippen LogP contribution in [-0.4, -0.2) is 52.4 Å². The van der Waals surface area contributed by atoms with E-state index in [1.54, 1.807) is 11.9 Å². The Morgan fingerprint density at radius 2 is 1.77 bits per heavy atom. The number of amides is 1. The first-order valence-corrected chi connectivity index (χ1v) is 8.95. The molecule has 8 heteroatoms. The van der Waals surface area contributed by atoms with Crippen LogP contribution < -0.4 is 16.1 Å². The molecule has 0 aromatic carbocycles. The van der Waals surface area contributed by atoms with Crippen LogP contribution in [0.5, 0.6) is 0 Å². The van der Waals surface area contributed by atoms with Crippen molar-refractivity contribution in [2.24, 2.45) is 20.0 Å². The van der Waals surface area contributed by atoms with E-state index in [2.05, 4.69) is 0 Å². The van der Waals surface area contributed by atoms with Crippen molar-refractivity contribution in [3.63, 3.8) is 0 Å². The second-order valence-corrected chi connectivity index (χ2v) is 8.03. The van der Waals surface area contributed by atoms with Gasteiger partial charge in [-0.3, -0.25) is 13.9 Å². The number of likely N-dealkylation sites (tertiary alicyclic amines) is 1. The Morgan fingerprint density at radius 3 is 2.31 bits per heavy atom. The Balaban J connectivity index is 1.97. The number of carbonyl (C=O) groups is 1. The summed E-state index contributed by atoms with van der Waals surface area (Å²) in [6.45, 7) is 7.62. The van der Waals surface area contributed by atoms with Crippen LogP contribution in [0.25, 0.3) is 0 Å². The molecule has 2 heterocycles. The quantitative estimate of drug-likeness (QED) is 0.802. The zero-order chi connectivity index (χ0) is 19.6. The van der Waals surface area contributed by atoms with E-state index in [0.29, 0.717) is 24.8 Å². The molecule has 0 N–H and O–H groups in total. The summed E-state index contributed by atoms with van der Waals surface area (Å²) in [5, 5.41) is 0. The van der Waals surface area contributed by atoms with Gasteiger partial charge in [-0.25, -0.2) is 9.59 Å². The van der Waals surface area contributed by atoms with Gasteiger partial charge >= 0.3 is 11.8 Å². The van der Waals surface area contributed by atoms with Crippen molar-refractivity contribution in [2.45, 2.75) is 39.2 Å². The lowest BCUT2D eigenvalue weighted by atomic mass is 9.96. The lowest BCUT2D eigenvalue weighted by molar-refractivity contribution is 0.0186. The highest BCUT2D eigenvalue weighted by atomic mass is 16.6. The van der Waals surface area contributed by atoms with Gasteiger partial charge in [0.25, 0.3) is 5.56 Å². The lowest BCUT2D eigenvalue weighted by Crippen LogP contribution is -2.44. The van der Waals surface area contributed by atoms with E-state index in [0.717, 1.165) is 24.0 Å². The van der Waals surface area contributed by atoms with E-state index >= 15 is 0 Å². The predicted octanol–water partition coefficient (Wildman–Crippen LogP) is 1.17. The van der Waals surface area contributed by atoms with Crippen molar-refractivity contribution in [2.75, 3.05) is 31.6 Å². The van der Waals surface area contributed by atoms with Crippen LogP contribution >= 0.6 is 0 Å². The summed E-state index contributed by atoms with van der Waals surface area (Å²) < 4.78 is 7.99. The van der Waals surface area contributed by atoms with E-state index < -0.39 is 5.60 Å². The highest BCUT2D eigenvalue weighted by molar-refractivity contribution is 5.68. The third kappa shape index (κ3) is 4.68. The summed E-state index contributed by atoms with van der Waals surface area (Å²) in [6, 6.07) is 1.48. The number of hydrogen-bond acceptors (Lipinski definition) is 5. The zero-order valence-corrected chi connectivity index (χ0v) is 16.6. The maximum Gasteiger partial charge on any atom is 0.410 e. The normalized spacial score (nSPS) is 15.8. The van der Waals surface area contributed by atoms with Gasteiger partial charge in [0.2, 0.25) is 0 Å². The Labute approximate surface area is 154 Å². The van der Waals surface area contributed by atoms with Gasteiger partial charge in [-0.2, -0.15) is 0 Å². The number of hydrogen-bond donors (Lipinski definition) is 0. The molecule has 1 aromatic heterocycles. The molecule has 0 aliphatic carbocycles. The summed E-state index contributed by atoms with van der Waals surface area (Å²) in [5.41, 5.74) is -1.13. The van der Waals surface area contributed by atoms with Gasteiger partial charge in [-0.15, -0.1) is 0 Å². The summed E-state index contributed by atoms with van der Waals surface area (Å²) in [7, 11) is 5.02. The molecular formula is C18H30N4O4. The number of rotatable bonds is 3. The molecule has 26 heavy (non-hydrogen) atoms. The topological polar surface area (TPSA) is 76.8 Å². The van der Waals surface area contributed by atoms with Crippen molar-refractivity contribution >= 4 is 11.9 Å². The summed E-state index contributed by atoms with van der Waals surface area (Å²) in [6.07, 6.45) is 1.46. The first-order chi connectivity index (χ1) is 12.0. The number of anilines is 1. The van der Waals surface area contributed by atoms with E-state index in [-0.39, 0.29) is 17.3 Å². The standard InChI is InChI=1S/C18H30N4O4/c1-18(2,3)26-17(25)22-9-7-13(8-10-22)12-19(4)14-11-15(23)21(6)16(24)20(14)5/h11,13H,7-10,12H2,1-6H3. The van der Waals surface area contributed by atoms with Crippen LogP contribution in [0.15, 0.2) is 15.7 Å². The van der Waals surface area contributed by atoms with E-state index in [1.807, 2.05) is 32.7 Å². The molecule has 146 valence electrons. The Hall–Kier alpha value is -2.25. The molecule has 0 spiro atoms. The van der Waals surface area contributed by atoms with Crippen LogP contribution in [0.2, 0.25) is 0 Å². The van der Waals surface area contributed by atoms with E-state index in [4.69, 9.17) is 4.74 Å². The minimum absolute atomic E-state index is 0.266. The van der Waals surface area contributed by atoms with Crippen LogP contribution in [0.4, 0.5) is 10.6 Å². The number of piperidine rings is 1. The van der Waals surface area contributed by atoms with Crippen LogP contribution in [0.1, 0.15) is 33.6 Å². The van der Waals surface area contributed by atoms with Crippen LogP contribution in [-0.2, 0) is 18.8 Å². The predicted molar refractivity (Wildman–Crippen MR) is 101 cm³/mol. The van der Waals surface area contributed by atoms with Crippen molar-refractivity contribution in [3.05, 3.63) is 26.9 Å². The van der Waals surface area contributed by atoms with Crippen molar-refractivity contribution in [1.82, 2.24) is 14.0 Å². The van der Waals surface area contributed by atoms with Crippen molar-refractivity contribution < 1.29 is 9.53 Å². The third-order valence-electron chi connectivity index (χ3n) is 4.69. The molecule has 0 atom stereocenters. The maximum atomic E-state index is 12.1. The average Bonchev–Trinajstić information content (AvgIpc) is 2.55. The Kier molecular flexibility index (Phi) is 5.83. The van der Waals surface area contributed by atoms with E-state index in [9.17, 15) is 14.4 Å². The second-order valence-electron chi connectivity index (χ2n) is 8.03. The molecule has 8 nitrogen and oxygen atoms in total. The third-order valence-corrected chi connectivity index (χ3v) is 4.69. The highest BCUT2D eigenvalue weighted by Gasteiger charge is 2.27. The number of carbonyl (C=O) groups excluding carboxylic acids is 1. The largest absolute Gasteiger partial charge is 0.444 e. The Morgan fingerprint density at radius 1 is 1.19 bits per heavy atom. The maximum absolute atomic E-state index is 12.1. The second kappa shape index (κ2) is 7.55. The van der Waals surface area contributed by atoms with Crippen molar-refractivity contribution in [1.29, 1.82) is 0 Å². The van der Waals surface area contributed by atoms with Gasteiger partial charge < -0.3 is 14.5 Å². The molecule has 1 saturated heterocycles. The van der Waals surface area contributed by atoms with Crippen LogP contribution in [0, 0.1) is 5.92 Å². The molecule has 0 unspecified atom stereocenters. The van der Waals surface area contributed by atoms with Gasteiger partial charge in [0, 0.05) is 46.8 Å². The fourth-order valence-corrected chi connectivity index (χ4v) is 3.19. The molecule has 0 bridgehead atoms. The molecule has 1 aliphatic rings. The minimum atomic E-state index is -0.488. The van der Waals surface area contributed by atoms with Crippen LogP contribution in [0.3, 0.4) is 0 Å². The van der Waals surface area contributed by atoms with Crippen molar-refractivity contribution in [3.8, 4) is 0 Å². The van der Waals surface area contributed by atoms with E-state index in [1.165, 1.54) is 17.7 Å². The first kappa shape index (κ1) is 20.1. The molecule has 2 rings (SSSR count). The van der Waals surface area contributed by atoms with Gasteiger partial charge in [0.05, 0.1) is 0 Å². The molecule has 0 saturated carbocycles. The molecule has 0 radical (unpaired) electrons. The molecule has 1 aromatic rings. The molecule has 1 aliphatic heterocycles. The smallest absolute Gasteiger partial charge is 0.410 e. The Bertz CT molecular complexity index is 767. The van der Waals surface area contributed by atoms with Gasteiger partial charge in [0.1, 0.15) is 11.4 Å². The zero-order valence-electron chi connectivity index (χ0n) is 16.6. The van der Waals surface area contributed by atoms with Gasteiger partial charge in [0.15, 0.2) is 0 Å². The monoisotopic (exact) mass is 366 g/mol. The minimum Gasteiger partial charge on any atom is -0.444 e. The fraction of sp³-hybridized carbons (Fsp3) is 0.722. The fourth-order valence-electron chi connectivity index (χ4n) is 3.19. The molecule has 1 fully saturated rings. The van der Waals surface area contributed by atoms with Gasteiger partial charge in [-0.05, 0) is 39.5 Å². The van der Waals surface area contributed by atoms with Gasteiger partial charge in [-0.1, -0.05) is 0 Å². The summed E-state index contributed by atoms with van der Waals surface area (Å²) in [5.74, 6) is 0.991. The first-order valence-electron chi connectivity index (χ1n) is 8.95. The molecular weight excluding hydrogens is 336 g/mol. The molecule has 1 amide bonds. The number of nitrogens with zero attached hydrogens (tertiary/aromatic N) is 4. The number of ether oxygens (including phenoxy) is 1. The summed E-state index contributed by atoms with van der Waals surface area (Å²) >= 11 is 0.